The van der Waals surface area contributed by atoms with Crippen LogP contribution in [-0.2, 0) is 4.74 Å². The molecule has 2 rings (SSSR count). The molecular formula is C10H12ClNO. The molecule has 0 aliphatic carbocycles. The van der Waals surface area contributed by atoms with E-state index in [2.05, 4.69) is 0 Å². The van der Waals surface area contributed by atoms with Crippen LogP contribution in [0, 0.1) is 0 Å². The molecule has 1 aliphatic heterocycles. The Balaban J connectivity index is 2.50. The first-order valence-electron chi connectivity index (χ1n) is 4.35. The Labute approximate surface area is 82.6 Å². The molecule has 0 radical (unpaired) electrons. The van der Waals surface area contributed by atoms with E-state index in [1.54, 1.807) is 0 Å². The maximum absolute atomic E-state index is 5.89. The lowest BCUT2D eigenvalue weighted by atomic mass is 9.95. The van der Waals surface area contributed by atoms with Crippen LogP contribution in [0.3, 0.4) is 0 Å². The highest BCUT2D eigenvalue weighted by atomic mass is 35.5. The van der Waals surface area contributed by atoms with Crippen molar-refractivity contribution >= 4 is 11.6 Å². The van der Waals surface area contributed by atoms with E-state index in [1.165, 1.54) is 0 Å². The number of hydrogen-bond acceptors (Lipinski definition) is 2. The Kier molecular flexibility index (Phi) is 2.28. The van der Waals surface area contributed by atoms with Gasteiger partial charge in [-0.2, -0.15) is 0 Å². The highest BCUT2D eigenvalue weighted by Crippen LogP contribution is 2.32. The van der Waals surface area contributed by atoms with Gasteiger partial charge in [-0.1, -0.05) is 17.7 Å². The van der Waals surface area contributed by atoms with Crippen LogP contribution in [0.15, 0.2) is 18.2 Å². The number of hydrogen-bond donors (Lipinski definition) is 1. The topological polar surface area (TPSA) is 35.2 Å². The summed E-state index contributed by atoms with van der Waals surface area (Å²) >= 11 is 5.89. The van der Waals surface area contributed by atoms with Gasteiger partial charge in [-0.25, -0.2) is 0 Å². The van der Waals surface area contributed by atoms with Gasteiger partial charge in [0.05, 0.1) is 18.8 Å². The molecule has 0 fully saturated rings. The number of fused-ring (bicyclic) bond motifs is 1. The zero-order chi connectivity index (χ0) is 9.42. The number of benzene rings is 1. The largest absolute Gasteiger partial charge is 0.372 e. The fourth-order valence-electron chi connectivity index (χ4n) is 1.66. The van der Waals surface area contributed by atoms with Crippen LogP contribution in [0.1, 0.15) is 30.2 Å². The molecule has 0 saturated carbocycles. The molecule has 1 aliphatic rings. The van der Waals surface area contributed by atoms with Crippen molar-refractivity contribution < 1.29 is 4.74 Å². The first-order valence-corrected chi connectivity index (χ1v) is 4.73. The fourth-order valence-corrected chi connectivity index (χ4v) is 1.85. The summed E-state index contributed by atoms with van der Waals surface area (Å²) in [5.74, 6) is 0. The number of halogens is 1. The van der Waals surface area contributed by atoms with Crippen LogP contribution < -0.4 is 5.73 Å². The predicted octanol–water partition coefficient (Wildman–Crippen LogP) is 2.43. The van der Waals surface area contributed by atoms with E-state index in [4.69, 9.17) is 22.1 Å². The summed E-state index contributed by atoms with van der Waals surface area (Å²) in [4.78, 5) is 0. The van der Waals surface area contributed by atoms with Gasteiger partial charge in [0.2, 0.25) is 0 Å². The minimum Gasteiger partial charge on any atom is -0.372 e. The van der Waals surface area contributed by atoms with Gasteiger partial charge in [-0.05, 0) is 30.2 Å². The smallest absolute Gasteiger partial charge is 0.0801 e. The maximum Gasteiger partial charge on any atom is 0.0801 e. The molecule has 70 valence electrons. The van der Waals surface area contributed by atoms with Gasteiger partial charge in [-0.3, -0.25) is 0 Å². The lowest BCUT2D eigenvalue weighted by molar-refractivity contribution is 0.0408. The first-order chi connectivity index (χ1) is 6.18. The Bertz CT molecular complexity index is 327. The molecular weight excluding hydrogens is 186 g/mol. The molecule has 2 nitrogen and oxygen atoms in total. The molecule has 0 saturated heterocycles. The van der Waals surface area contributed by atoms with Gasteiger partial charge in [0, 0.05) is 5.02 Å². The Morgan fingerprint density at radius 3 is 3.00 bits per heavy atom. The summed E-state index contributed by atoms with van der Waals surface area (Å²) in [6.07, 6.45) is 0.132. The van der Waals surface area contributed by atoms with Crippen molar-refractivity contribution in [3.05, 3.63) is 34.3 Å². The molecule has 1 aromatic carbocycles. The average molecular weight is 198 g/mol. The summed E-state index contributed by atoms with van der Waals surface area (Å²) < 4.78 is 5.49. The second-order valence-electron chi connectivity index (χ2n) is 3.36. The summed E-state index contributed by atoms with van der Waals surface area (Å²) in [5.41, 5.74) is 8.17. The Morgan fingerprint density at radius 2 is 2.23 bits per heavy atom. The van der Waals surface area contributed by atoms with Crippen LogP contribution in [0.25, 0.3) is 0 Å². The molecule has 3 heteroatoms. The fraction of sp³-hybridized carbons (Fsp3) is 0.400. The molecule has 0 bridgehead atoms. The van der Waals surface area contributed by atoms with E-state index >= 15 is 0 Å². The zero-order valence-corrected chi connectivity index (χ0v) is 8.21. The van der Waals surface area contributed by atoms with E-state index < -0.39 is 0 Å². The van der Waals surface area contributed by atoms with Crippen molar-refractivity contribution in [1.82, 2.24) is 0 Å². The van der Waals surface area contributed by atoms with Gasteiger partial charge in [0.1, 0.15) is 0 Å². The monoisotopic (exact) mass is 197 g/mol. The molecule has 0 aromatic heterocycles. The highest BCUT2D eigenvalue weighted by Gasteiger charge is 2.22. The second kappa shape index (κ2) is 3.29. The third-order valence-corrected chi connectivity index (χ3v) is 2.65. The lowest BCUT2D eigenvalue weighted by Gasteiger charge is -2.27. The van der Waals surface area contributed by atoms with Gasteiger partial charge in [0.15, 0.2) is 0 Å². The summed E-state index contributed by atoms with van der Waals surface area (Å²) in [6.45, 7) is 2.60. The number of ether oxygens (including phenoxy) is 1. The standard InChI is InChI=1S/C10H12ClNO/c1-6-8-3-2-7(11)4-9(8)10(12)5-13-6/h2-4,6,10H,5,12H2,1H3/t6-,10+/m0/s1. The van der Waals surface area contributed by atoms with E-state index in [0.29, 0.717) is 6.61 Å². The number of rotatable bonds is 0. The van der Waals surface area contributed by atoms with Crippen LogP contribution in [-0.4, -0.2) is 6.61 Å². The zero-order valence-electron chi connectivity index (χ0n) is 7.46. The third-order valence-electron chi connectivity index (χ3n) is 2.41. The van der Waals surface area contributed by atoms with Gasteiger partial charge >= 0.3 is 0 Å². The van der Waals surface area contributed by atoms with Crippen molar-refractivity contribution in [3.8, 4) is 0 Å². The summed E-state index contributed by atoms with van der Waals surface area (Å²) in [6, 6.07) is 5.75. The van der Waals surface area contributed by atoms with E-state index in [0.717, 1.165) is 16.1 Å². The maximum atomic E-state index is 5.89. The molecule has 2 atom stereocenters. The third kappa shape index (κ3) is 1.57. The normalized spacial score (nSPS) is 27.0. The van der Waals surface area contributed by atoms with E-state index in [1.807, 2.05) is 25.1 Å². The molecule has 1 heterocycles. The van der Waals surface area contributed by atoms with Crippen LogP contribution >= 0.6 is 11.6 Å². The van der Waals surface area contributed by atoms with Crippen LogP contribution in [0.2, 0.25) is 5.02 Å². The molecule has 2 N–H and O–H groups in total. The summed E-state index contributed by atoms with van der Waals surface area (Å²) in [5, 5.41) is 0.739. The molecule has 1 aromatic rings. The Morgan fingerprint density at radius 1 is 1.46 bits per heavy atom. The highest BCUT2D eigenvalue weighted by molar-refractivity contribution is 6.30. The van der Waals surface area contributed by atoms with E-state index in [-0.39, 0.29) is 12.1 Å². The average Bonchev–Trinajstić information content (AvgIpc) is 2.12. The SMILES string of the molecule is C[C@@H]1OC[C@@H](N)c2cc(Cl)ccc21. The van der Waals surface area contributed by atoms with Crippen molar-refractivity contribution in [1.29, 1.82) is 0 Å². The first kappa shape index (κ1) is 9.00. The molecule has 0 amide bonds. The van der Waals surface area contributed by atoms with Crippen molar-refractivity contribution in [3.63, 3.8) is 0 Å². The number of nitrogens with two attached hydrogens (primary N) is 1. The van der Waals surface area contributed by atoms with E-state index in [9.17, 15) is 0 Å². The van der Waals surface area contributed by atoms with Crippen molar-refractivity contribution in [2.75, 3.05) is 6.61 Å². The molecule has 0 unspecified atom stereocenters. The Hall–Kier alpha value is -0.570. The quantitative estimate of drug-likeness (QED) is 0.694. The minimum atomic E-state index is -0.0371. The molecule has 0 spiro atoms. The summed E-state index contributed by atoms with van der Waals surface area (Å²) in [7, 11) is 0. The van der Waals surface area contributed by atoms with Crippen molar-refractivity contribution in [2.45, 2.75) is 19.1 Å². The molecule has 13 heavy (non-hydrogen) atoms. The van der Waals surface area contributed by atoms with Crippen molar-refractivity contribution in [2.24, 2.45) is 5.73 Å². The predicted molar refractivity (Wildman–Crippen MR) is 52.7 cm³/mol. The van der Waals surface area contributed by atoms with Crippen LogP contribution in [0.5, 0.6) is 0 Å². The van der Waals surface area contributed by atoms with Gasteiger partial charge in [-0.15, -0.1) is 0 Å². The lowest BCUT2D eigenvalue weighted by Crippen LogP contribution is -2.25. The van der Waals surface area contributed by atoms with Gasteiger partial charge < -0.3 is 10.5 Å². The van der Waals surface area contributed by atoms with Gasteiger partial charge in [0.25, 0.3) is 0 Å². The minimum absolute atomic E-state index is 0.0371. The second-order valence-corrected chi connectivity index (χ2v) is 3.79. The van der Waals surface area contributed by atoms with Crippen LogP contribution in [0.4, 0.5) is 0 Å².